The highest BCUT2D eigenvalue weighted by Gasteiger charge is 2.41. The van der Waals surface area contributed by atoms with E-state index < -0.39 is 18.4 Å². The maximum absolute atomic E-state index is 10.3. The predicted molar refractivity (Wildman–Crippen MR) is 86.2 cm³/mol. The second-order valence-corrected chi connectivity index (χ2v) is 6.54. The lowest BCUT2D eigenvalue weighted by atomic mass is 10.1. The second-order valence-electron chi connectivity index (χ2n) is 6.54. The Morgan fingerprint density at radius 1 is 1.33 bits per heavy atom. The number of rotatable bonds is 3. The van der Waals surface area contributed by atoms with Crippen molar-refractivity contribution < 1.29 is 14.6 Å². The van der Waals surface area contributed by atoms with Gasteiger partial charge in [-0.3, -0.25) is 4.57 Å². The van der Waals surface area contributed by atoms with Crippen LogP contribution in [0.3, 0.4) is 0 Å². The van der Waals surface area contributed by atoms with Gasteiger partial charge in [-0.1, -0.05) is 0 Å². The highest BCUT2D eigenvalue weighted by atomic mass is 16.5. The van der Waals surface area contributed by atoms with Gasteiger partial charge in [0.1, 0.15) is 12.2 Å². The molecule has 1 aliphatic carbocycles. The van der Waals surface area contributed by atoms with Crippen molar-refractivity contribution in [2.24, 2.45) is 5.73 Å². The first-order chi connectivity index (χ1) is 11.5. The predicted octanol–water partition coefficient (Wildman–Crippen LogP) is 0.335. The number of nitrogens with two attached hydrogens (primary N) is 2. The normalized spacial score (nSPS) is 31.1. The Bertz CT molecular complexity index is 744. The highest BCUT2D eigenvalue weighted by Crippen LogP contribution is 2.32. The summed E-state index contributed by atoms with van der Waals surface area (Å²) in [6.45, 7) is 1.82. The molecule has 2 aliphatic rings. The van der Waals surface area contributed by atoms with Gasteiger partial charge in [-0.05, 0) is 32.6 Å². The lowest BCUT2D eigenvalue weighted by molar-refractivity contribution is -0.0298. The van der Waals surface area contributed by atoms with Gasteiger partial charge in [0.2, 0.25) is 0 Å². The van der Waals surface area contributed by atoms with Crippen LogP contribution in [0, 0.1) is 0 Å². The summed E-state index contributed by atoms with van der Waals surface area (Å²) in [6.07, 6.45) is 4.18. The van der Waals surface area contributed by atoms with Crippen molar-refractivity contribution in [1.29, 1.82) is 0 Å². The number of imidazole rings is 1. The molecule has 0 unspecified atom stereocenters. The number of nitrogens with zero attached hydrogens (tertiary/aromatic N) is 4. The monoisotopic (exact) mass is 334 g/mol. The Balaban J connectivity index is 1.70. The fraction of sp³-hybridized carbons (Fsp3) is 0.667. The summed E-state index contributed by atoms with van der Waals surface area (Å²) in [5.41, 5.74) is 12.9. The van der Waals surface area contributed by atoms with Gasteiger partial charge in [-0.2, -0.15) is 9.97 Å². The molecule has 130 valence electrons. The van der Waals surface area contributed by atoms with E-state index in [0.717, 1.165) is 25.7 Å². The van der Waals surface area contributed by atoms with Crippen molar-refractivity contribution in [3.8, 4) is 6.01 Å². The number of ether oxygens (including phenoxy) is 2. The third-order valence-electron chi connectivity index (χ3n) is 4.86. The van der Waals surface area contributed by atoms with Gasteiger partial charge >= 0.3 is 6.01 Å². The van der Waals surface area contributed by atoms with Gasteiger partial charge < -0.3 is 26.0 Å². The zero-order valence-electron chi connectivity index (χ0n) is 13.5. The Labute approximate surface area is 139 Å². The number of hydrogen-bond acceptors (Lipinski definition) is 8. The minimum atomic E-state index is -0.854. The molecule has 4 atom stereocenters. The minimum Gasteiger partial charge on any atom is -0.460 e. The van der Waals surface area contributed by atoms with E-state index in [9.17, 15) is 5.11 Å². The third-order valence-corrected chi connectivity index (χ3v) is 4.86. The van der Waals surface area contributed by atoms with Crippen LogP contribution >= 0.6 is 0 Å². The molecule has 1 saturated carbocycles. The number of aliphatic hydroxyl groups is 1. The van der Waals surface area contributed by atoms with Gasteiger partial charge in [0, 0.05) is 0 Å². The van der Waals surface area contributed by atoms with Gasteiger partial charge in [-0.25, -0.2) is 4.98 Å². The number of anilines is 1. The zero-order chi connectivity index (χ0) is 16.8. The summed E-state index contributed by atoms with van der Waals surface area (Å²) in [4.78, 5) is 12.9. The first-order valence-electron chi connectivity index (χ1n) is 8.30. The molecule has 1 aliphatic heterocycles. The molecule has 2 aromatic heterocycles. The van der Waals surface area contributed by atoms with E-state index in [1.807, 2.05) is 6.92 Å². The average molecular weight is 334 g/mol. The third kappa shape index (κ3) is 2.48. The van der Waals surface area contributed by atoms with Crippen LogP contribution in [-0.2, 0) is 4.74 Å². The molecule has 0 bridgehead atoms. The molecule has 4 rings (SSSR count). The van der Waals surface area contributed by atoms with Crippen LogP contribution in [0.5, 0.6) is 6.01 Å². The van der Waals surface area contributed by atoms with E-state index in [1.165, 1.54) is 6.33 Å². The quantitative estimate of drug-likeness (QED) is 0.731. The van der Waals surface area contributed by atoms with Gasteiger partial charge in [0.05, 0.1) is 18.5 Å². The minimum absolute atomic E-state index is 0.125. The Hall–Kier alpha value is -1.97. The summed E-state index contributed by atoms with van der Waals surface area (Å²) < 4.78 is 13.2. The van der Waals surface area contributed by atoms with E-state index in [2.05, 4.69) is 15.0 Å². The van der Waals surface area contributed by atoms with E-state index in [4.69, 9.17) is 20.9 Å². The van der Waals surface area contributed by atoms with E-state index in [0.29, 0.717) is 11.2 Å². The molecule has 9 heteroatoms. The van der Waals surface area contributed by atoms with Crippen molar-refractivity contribution in [3.63, 3.8) is 0 Å². The molecule has 0 radical (unpaired) electrons. The number of aliphatic hydroxyl groups excluding tert-OH is 1. The Morgan fingerprint density at radius 2 is 2.08 bits per heavy atom. The van der Waals surface area contributed by atoms with Crippen LogP contribution in [0.15, 0.2) is 6.33 Å². The van der Waals surface area contributed by atoms with Gasteiger partial charge in [0.15, 0.2) is 23.2 Å². The first-order valence-corrected chi connectivity index (χ1v) is 8.30. The molecular formula is C15H22N6O3. The Morgan fingerprint density at radius 3 is 2.75 bits per heavy atom. The summed E-state index contributed by atoms with van der Waals surface area (Å²) in [7, 11) is 0. The van der Waals surface area contributed by atoms with Gasteiger partial charge in [0.25, 0.3) is 0 Å². The number of fused-ring (bicyclic) bond motifs is 1. The van der Waals surface area contributed by atoms with Crippen molar-refractivity contribution in [1.82, 2.24) is 19.5 Å². The molecule has 5 N–H and O–H groups in total. The van der Waals surface area contributed by atoms with E-state index in [1.54, 1.807) is 4.57 Å². The van der Waals surface area contributed by atoms with Crippen molar-refractivity contribution in [3.05, 3.63) is 6.33 Å². The SMILES string of the molecule is C[C@H]1O[C@@H](n2cnc3c(N)nc(OC4CCCC4)nc32)[C@H](O)[C@H]1N. The van der Waals surface area contributed by atoms with Crippen molar-refractivity contribution in [2.45, 2.75) is 63.2 Å². The maximum atomic E-state index is 10.3. The molecule has 2 fully saturated rings. The lowest BCUT2D eigenvalue weighted by Gasteiger charge is -2.17. The number of aromatic nitrogens is 4. The molecule has 2 aromatic rings. The fourth-order valence-electron chi connectivity index (χ4n) is 3.40. The van der Waals surface area contributed by atoms with Crippen molar-refractivity contribution in [2.75, 3.05) is 5.73 Å². The molecule has 1 saturated heterocycles. The van der Waals surface area contributed by atoms with Crippen LogP contribution in [0.25, 0.3) is 11.2 Å². The summed E-state index contributed by atoms with van der Waals surface area (Å²) >= 11 is 0. The van der Waals surface area contributed by atoms with Crippen LogP contribution in [0.1, 0.15) is 38.8 Å². The topological polar surface area (TPSA) is 134 Å². The molecule has 0 spiro atoms. The molecule has 0 amide bonds. The summed E-state index contributed by atoms with van der Waals surface area (Å²) in [5.74, 6) is 0.247. The molecule has 3 heterocycles. The molecule has 9 nitrogen and oxygen atoms in total. The summed E-state index contributed by atoms with van der Waals surface area (Å²) in [5, 5.41) is 10.3. The standard InChI is InChI=1S/C15H22N6O3/c1-7-9(16)11(22)14(23-7)21-6-18-10-12(17)19-15(20-13(10)21)24-8-4-2-3-5-8/h6-9,11,14,22H,2-5,16H2,1H3,(H2,17,19,20)/t7-,9+,11-,14-/m1/s1. The number of hydrogen-bond donors (Lipinski definition) is 3. The molecule has 24 heavy (non-hydrogen) atoms. The Kier molecular flexibility index (Phi) is 3.78. The number of nitrogen functional groups attached to an aromatic ring is 1. The summed E-state index contributed by atoms with van der Waals surface area (Å²) in [6, 6.07) is -0.237. The largest absolute Gasteiger partial charge is 0.460 e. The van der Waals surface area contributed by atoms with Crippen LogP contribution < -0.4 is 16.2 Å². The van der Waals surface area contributed by atoms with E-state index >= 15 is 0 Å². The second kappa shape index (κ2) is 5.83. The van der Waals surface area contributed by atoms with Gasteiger partial charge in [-0.15, -0.1) is 0 Å². The smallest absolute Gasteiger partial charge is 0.320 e. The molecular weight excluding hydrogens is 312 g/mol. The average Bonchev–Trinajstić information content (AvgIpc) is 3.25. The lowest BCUT2D eigenvalue weighted by Crippen LogP contribution is -2.38. The maximum Gasteiger partial charge on any atom is 0.320 e. The van der Waals surface area contributed by atoms with Crippen LogP contribution in [0.2, 0.25) is 0 Å². The first kappa shape index (κ1) is 15.6. The van der Waals surface area contributed by atoms with Crippen LogP contribution in [0.4, 0.5) is 5.82 Å². The molecule has 0 aromatic carbocycles. The highest BCUT2D eigenvalue weighted by molar-refractivity contribution is 5.82. The van der Waals surface area contributed by atoms with Crippen molar-refractivity contribution >= 4 is 17.0 Å². The van der Waals surface area contributed by atoms with Crippen LogP contribution in [-0.4, -0.2) is 49.0 Å². The zero-order valence-corrected chi connectivity index (χ0v) is 13.5. The van der Waals surface area contributed by atoms with E-state index in [-0.39, 0.29) is 24.0 Å². The fourth-order valence-corrected chi connectivity index (χ4v) is 3.40.